The molecule has 0 saturated heterocycles. The molecule has 0 fully saturated rings. The first-order valence-corrected chi connectivity index (χ1v) is 6.83. The average molecular weight is 257 g/mol. The summed E-state index contributed by atoms with van der Waals surface area (Å²) in [5.41, 5.74) is 6.89. The van der Waals surface area contributed by atoms with Crippen molar-refractivity contribution in [3.63, 3.8) is 0 Å². The second kappa shape index (κ2) is 5.57. The van der Waals surface area contributed by atoms with Gasteiger partial charge in [0.2, 0.25) is 0 Å². The maximum atomic E-state index is 5.71. The molecule has 0 amide bonds. The molecular formula is C16H23N3. The fourth-order valence-corrected chi connectivity index (χ4v) is 2.21. The molecule has 0 spiro atoms. The normalized spacial score (nSPS) is 13.5. The number of nitrogens with two attached hydrogens (primary N) is 1. The van der Waals surface area contributed by atoms with Gasteiger partial charge in [0.1, 0.15) is 5.82 Å². The van der Waals surface area contributed by atoms with Crippen molar-refractivity contribution < 1.29 is 0 Å². The third kappa shape index (κ3) is 3.44. The average Bonchev–Trinajstić information content (AvgIpc) is 2.37. The van der Waals surface area contributed by atoms with Crippen LogP contribution in [0.15, 0.2) is 36.4 Å². The number of nitrogens with zero attached hydrogens (tertiary/aromatic N) is 1. The lowest BCUT2D eigenvalue weighted by molar-refractivity contribution is 0.328. The minimum absolute atomic E-state index is 0.159. The van der Waals surface area contributed by atoms with E-state index >= 15 is 0 Å². The van der Waals surface area contributed by atoms with Crippen molar-refractivity contribution in [3.8, 4) is 0 Å². The molecule has 1 aromatic heterocycles. The van der Waals surface area contributed by atoms with Crippen molar-refractivity contribution in [1.29, 1.82) is 0 Å². The zero-order chi connectivity index (χ0) is 13.9. The number of anilines is 1. The van der Waals surface area contributed by atoms with Crippen molar-refractivity contribution in [2.45, 2.75) is 33.2 Å². The molecule has 2 aromatic rings. The SMILES string of the molecule is CC(C)(C)C(CCN)Nc1ccc2ccccc2n1. The smallest absolute Gasteiger partial charge is 0.126 e. The van der Waals surface area contributed by atoms with Crippen LogP contribution in [0.25, 0.3) is 10.9 Å². The van der Waals surface area contributed by atoms with Crippen LogP contribution in [0.4, 0.5) is 5.82 Å². The van der Waals surface area contributed by atoms with Crippen molar-refractivity contribution in [1.82, 2.24) is 4.98 Å². The Labute approximate surface area is 115 Å². The largest absolute Gasteiger partial charge is 0.367 e. The van der Waals surface area contributed by atoms with E-state index in [1.807, 2.05) is 24.3 Å². The number of hydrogen-bond acceptors (Lipinski definition) is 3. The molecule has 0 aliphatic rings. The molecule has 0 saturated carbocycles. The molecule has 19 heavy (non-hydrogen) atoms. The summed E-state index contributed by atoms with van der Waals surface area (Å²) in [7, 11) is 0. The fourth-order valence-electron chi connectivity index (χ4n) is 2.21. The zero-order valence-electron chi connectivity index (χ0n) is 12.0. The van der Waals surface area contributed by atoms with Crippen LogP contribution in [0.2, 0.25) is 0 Å². The Balaban J connectivity index is 2.23. The van der Waals surface area contributed by atoms with Crippen LogP contribution in [0.3, 0.4) is 0 Å². The highest BCUT2D eigenvalue weighted by Crippen LogP contribution is 2.25. The third-order valence-corrected chi connectivity index (χ3v) is 3.42. The van der Waals surface area contributed by atoms with Crippen LogP contribution in [0.1, 0.15) is 27.2 Å². The molecule has 3 nitrogen and oxygen atoms in total. The van der Waals surface area contributed by atoms with Gasteiger partial charge in [0.25, 0.3) is 0 Å². The van der Waals surface area contributed by atoms with Gasteiger partial charge in [-0.15, -0.1) is 0 Å². The number of para-hydroxylation sites is 1. The molecule has 3 N–H and O–H groups in total. The van der Waals surface area contributed by atoms with E-state index in [2.05, 4.69) is 43.2 Å². The monoisotopic (exact) mass is 257 g/mol. The van der Waals surface area contributed by atoms with Gasteiger partial charge in [-0.05, 0) is 36.6 Å². The zero-order valence-corrected chi connectivity index (χ0v) is 12.0. The Kier molecular flexibility index (Phi) is 4.05. The van der Waals surface area contributed by atoms with Crippen LogP contribution in [-0.4, -0.2) is 17.6 Å². The summed E-state index contributed by atoms with van der Waals surface area (Å²) >= 11 is 0. The van der Waals surface area contributed by atoms with Crippen LogP contribution in [-0.2, 0) is 0 Å². The third-order valence-electron chi connectivity index (χ3n) is 3.42. The number of nitrogens with one attached hydrogen (secondary N) is 1. The summed E-state index contributed by atoms with van der Waals surface area (Å²) in [6.45, 7) is 7.35. The molecule has 1 atom stereocenters. The maximum absolute atomic E-state index is 5.71. The molecule has 3 heteroatoms. The Bertz CT molecular complexity index is 543. The first-order chi connectivity index (χ1) is 9.00. The van der Waals surface area contributed by atoms with E-state index in [9.17, 15) is 0 Å². The van der Waals surface area contributed by atoms with E-state index < -0.39 is 0 Å². The Morgan fingerprint density at radius 1 is 1.16 bits per heavy atom. The molecular weight excluding hydrogens is 234 g/mol. The predicted molar refractivity (Wildman–Crippen MR) is 82.3 cm³/mol. The van der Waals surface area contributed by atoms with E-state index in [1.165, 1.54) is 5.39 Å². The standard InChI is InChI=1S/C16H23N3/c1-16(2,3)14(10-11-17)19-15-9-8-12-6-4-5-7-13(12)18-15/h4-9,14H,10-11,17H2,1-3H3,(H,18,19). The Hall–Kier alpha value is -1.61. The number of benzene rings is 1. The molecule has 0 radical (unpaired) electrons. The van der Waals surface area contributed by atoms with Gasteiger partial charge in [0.05, 0.1) is 5.52 Å². The molecule has 102 valence electrons. The maximum Gasteiger partial charge on any atom is 0.126 e. The van der Waals surface area contributed by atoms with Crippen molar-refractivity contribution in [2.24, 2.45) is 11.1 Å². The second-order valence-electron chi connectivity index (χ2n) is 6.03. The lowest BCUT2D eigenvalue weighted by atomic mass is 9.85. The van der Waals surface area contributed by atoms with Gasteiger partial charge >= 0.3 is 0 Å². The Morgan fingerprint density at radius 3 is 2.58 bits per heavy atom. The van der Waals surface area contributed by atoms with Gasteiger partial charge < -0.3 is 11.1 Å². The van der Waals surface area contributed by atoms with E-state index in [4.69, 9.17) is 5.73 Å². The molecule has 0 aliphatic heterocycles. The lowest BCUT2D eigenvalue weighted by Crippen LogP contribution is -2.36. The van der Waals surface area contributed by atoms with Crippen molar-refractivity contribution in [3.05, 3.63) is 36.4 Å². The summed E-state index contributed by atoms with van der Waals surface area (Å²) < 4.78 is 0. The fraction of sp³-hybridized carbons (Fsp3) is 0.438. The summed E-state index contributed by atoms with van der Waals surface area (Å²) in [5, 5.41) is 4.69. The molecule has 0 aliphatic carbocycles. The lowest BCUT2D eigenvalue weighted by Gasteiger charge is -2.31. The summed E-state index contributed by atoms with van der Waals surface area (Å²) in [5.74, 6) is 0.923. The van der Waals surface area contributed by atoms with E-state index in [0.717, 1.165) is 17.8 Å². The van der Waals surface area contributed by atoms with Gasteiger partial charge in [-0.25, -0.2) is 4.98 Å². The number of aromatic nitrogens is 1. The van der Waals surface area contributed by atoms with E-state index in [0.29, 0.717) is 12.6 Å². The van der Waals surface area contributed by atoms with Gasteiger partial charge in [0.15, 0.2) is 0 Å². The topological polar surface area (TPSA) is 50.9 Å². The number of hydrogen-bond donors (Lipinski definition) is 2. The van der Waals surface area contributed by atoms with Crippen LogP contribution >= 0.6 is 0 Å². The molecule has 1 unspecified atom stereocenters. The van der Waals surface area contributed by atoms with Gasteiger partial charge in [-0.1, -0.05) is 39.0 Å². The minimum atomic E-state index is 0.159. The predicted octanol–water partition coefficient (Wildman–Crippen LogP) is 3.41. The van der Waals surface area contributed by atoms with Crippen LogP contribution in [0.5, 0.6) is 0 Å². The first kappa shape index (κ1) is 13.8. The van der Waals surface area contributed by atoms with Gasteiger partial charge in [-0.3, -0.25) is 0 Å². The first-order valence-electron chi connectivity index (χ1n) is 6.83. The highest BCUT2D eigenvalue weighted by Gasteiger charge is 2.23. The minimum Gasteiger partial charge on any atom is -0.367 e. The van der Waals surface area contributed by atoms with Crippen molar-refractivity contribution >= 4 is 16.7 Å². The van der Waals surface area contributed by atoms with Gasteiger partial charge in [0, 0.05) is 11.4 Å². The molecule has 2 rings (SSSR count). The Morgan fingerprint density at radius 2 is 1.89 bits per heavy atom. The summed E-state index contributed by atoms with van der Waals surface area (Å²) in [6, 6.07) is 12.6. The van der Waals surface area contributed by atoms with Crippen LogP contribution < -0.4 is 11.1 Å². The van der Waals surface area contributed by atoms with E-state index in [-0.39, 0.29) is 5.41 Å². The number of fused-ring (bicyclic) bond motifs is 1. The highest BCUT2D eigenvalue weighted by atomic mass is 15.0. The second-order valence-corrected chi connectivity index (χ2v) is 6.03. The molecule has 1 heterocycles. The van der Waals surface area contributed by atoms with Crippen LogP contribution in [0, 0.1) is 5.41 Å². The quantitative estimate of drug-likeness (QED) is 0.882. The van der Waals surface area contributed by atoms with E-state index in [1.54, 1.807) is 0 Å². The molecule has 0 bridgehead atoms. The molecule has 1 aromatic carbocycles. The van der Waals surface area contributed by atoms with Gasteiger partial charge in [-0.2, -0.15) is 0 Å². The van der Waals surface area contributed by atoms with Crippen molar-refractivity contribution in [2.75, 3.05) is 11.9 Å². The number of rotatable bonds is 4. The summed E-state index contributed by atoms with van der Waals surface area (Å²) in [4.78, 5) is 4.66. The summed E-state index contributed by atoms with van der Waals surface area (Å²) in [6.07, 6.45) is 0.942. The number of pyridine rings is 1. The highest BCUT2D eigenvalue weighted by molar-refractivity contribution is 5.80.